The summed E-state index contributed by atoms with van der Waals surface area (Å²) in [6.07, 6.45) is 2.04. The lowest BCUT2D eigenvalue weighted by atomic mass is 9.72. The molecule has 0 N–H and O–H groups in total. The molecule has 6 heteroatoms. The van der Waals surface area contributed by atoms with Crippen molar-refractivity contribution in [3.8, 4) is 10.4 Å². The predicted octanol–water partition coefficient (Wildman–Crippen LogP) is 3.30. The SMILES string of the molecule is COCC(=O)N1CCC(Cc2ccc(-c3cccs3)cc2)(C(=O)N(C)C)CC1. The summed E-state index contributed by atoms with van der Waals surface area (Å²) < 4.78 is 4.97. The van der Waals surface area contributed by atoms with Gasteiger partial charge in [0.15, 0.2) is 0 Å². The number of carbonyl (C=O) groups is 2. The van der Waals surface area contributed by atoms with E-state index >= 15 is 0 Å². The van der Waals surface area contributed by atoms with E-state index < -0.39 is 5.41 Å². The summed E-state index contributed by atoms with van der Waals surface area (Å²) >= 11 is 1.72. The van der Waals surface area contributed by atoms with E-state index in [9.17, 15) is 9.59 Å². The van der Waals surface area contributed by atoms with Gasteiger partial charge >= 0.3 is 0 Å². The summed E-state index contributed by atoms with van der Waals surface area (Å²) in [5, 5.41) is 2.08. The first-order valence-electron chi connectivity index (χ1n) is 9.56. The molecule has 28 heavy (non-hydrogen) atoms. The summed E-state index contributed by atoms with van der Waals surface area (Å²) in [5.74, 6) is 0.141. The minimum Gasteiger partial charge on any atom is -0.375 e. The lowest BCUT2D eigenvalue weighted by Gasteiger charge is -2.42. The van der Waals surface area contributed by atoms with Crippen LogP contribution in [0, 0.1) is 5.41 Å². The number of rotatable bonds is 6. The highest BCUT2D eigenvalue weighted by molar-refractivity contribution is 7.13. The molecule has 2 amide bonds. The number of likely N-dealkylation sites (tertiary alicyclic amines) is 1. The summed E-state index contributed by atoms with van der Waals surface area (Å²) in [5.41, 5.74) is 1.90. The number of hydrogen-bond donors (Lipinski definition) is 0. The summed E-state index contributed by atoms with van der Waals surface area (Å²) in [7, 11) is 5.15. The van der Waals surface area contributed by atoms with Crippen LogP contribution in [0.2, 0.25) is 0 Å². The fourth-order valence-electron chi connectivity index (χ4n) is 3.96. The molecule has 5 nitrogen and oxygen atoms in total. The quantitative estimate of drug-likeness (QED) is 0.748. The summed E-state index contributed by atoms with van der Waals surface area (Å²) in [4.78, 5) is 30.0. The Morgan fingerprint density at radius 2 is 1.82 bits per heavy atom. The number of amides is 2. The van der Waals surface area contributed by atoms with E-state index in [0.717, 1.165) is 5.56 Å². The van der Waals surface area contributed by atoms with Crippen LogP contribution in [-0.2, 0) is 20.7 Å². The topological polar surface area (TPSA) is 49.9 Å². The zero-order valence-electron chi connectivity index (χ0n) is 16.8. The lowest BCUT2D eigenvalue weighted by molar-refractivity contribution is -0.147. The summed E-state index contributed by atoms with van der Waals surface area (Å²) in [6.45, 7) is 1.28. The molecule has 2 aromatic rings. The maximum Gasteiger partial charge on any atom is 0.248 e. The van der Waals surface area contributed by atoms with Gasteiger partial charge in [-0.1, -0.05) is 30.3 Å². The van der Waals surface area contributed by atoms with Crippen molar-refractivity contribution in [2.75, 3.05) is 40.9 Å². The van der Waals surface area contributed by atoms with Crippen LogP contribution in [0.5, 0.6) is 0 Å². The fraction of sp³-hybridized carbons (Fsp3) is 0.455. The van der Waals surface area contributed by atoms with E-state index in [0.29, 0.717) is 32.4 Å². The Balaban J connectivity index is 1.76. The van der Waals surface area contributed by atoms with Crippen molar-refractivity contribution >= 4 is 23.2 Å². The van der Waals surface area contributed by atoms with Gasteiger partial charge in [-0.3, -0.25) is 9.59 Å². The van der Waals surface area contributed by atoms with Gasteiger partial charge in [0, 0.05) is 39.2 Å². The molecule has 1 aromatic heterocycles. The molecule has 0 spiro atoms. The average Bonchev–Trinajstić information content (AvgIpc) is 3.23. The van der Waals surface area contributed by atoms with E-state index in [-0.39, 0.29) is 18.4 Å². The molecule has 1 saturated heterocycles. The van der Waals surface area contributed by atoms with Crippen LogP contribution in [0.3, 0.4) is 0 Å². The number of benzene rings is 1. The maximum absolute atomic E-state index is 13.1. The molecule has 150 valence electrons. The Bertz CT molecular complexity index is 792. The van der Waals surface area contributed by atoms with Crippen molar-refractivity contribution in [1.82, 2.24) is 9.80 Å². The van der Waals surface area contributed by atoms with Crippen LogP contribution < -0.4 is 0 Å². The standard InChI is InChI=1S/C22H28N2O3S/c1-23(2)21(26)22(10-12-24(13-11-22)20(25)16-27-3)15-17-6-8-18(9-7-17)19-5-4-14-28-19/h4-9,14H,10-13,15-16H2,1-3H3. The first-order valence-corrected chi connectivity index (χ1v) is 10.4. The van der Waals surface area contributed by atoms with Gasteiger partial charge in [-0.2, -0.15) is 0 Å². The van der Waals surface area contributed by atoms with Crippen LogP contribution in [0.15, 0.2) is 41.8 Å². The van der Waals surface area contributed by atoms with Gasteiger partial charge in [0.1, 0.15) is 6.61 Å². The van der Waals surface area contributed by atoms with Gasteiger partial charge in [-0.25, -0.2) is 0 Å². The molecule has 3 rings (SSSR count). The zero-order valence-corrected chi connectivity index (χ0v) is 17.6. The minimum atomic E-state index is -0.461. The number of ether oxygens (including phenoxy) is 1. The molecule has 1 aliphatic heterocycles. The molecule has 0 aliphatic carbocycles. The van der Waals surface area contributed by atoms with E-state index in [1.54, 1.807) is 16.2 Å². The van der Waals surface area contributed by atoms with E-state index in [2.05, 4.69) is 41.8 Å². The van der Waals surface area contributed by atoms with Gasteiger partial charge in [0.25, 0.3) is 0 Å². The normalized spacial score (nSPS) is 16.0. The average molecular weight is 401 g/mol. The molecule has 1 aromatic carbocycles. The molecule has 2 heterocycles. The molecule has 1 fully saturated rings. The Labute approximate surface area is 170 Å². The summed E-state index contributed by atoms with van der Waals surface area (Å²) in [6, 6.07) is 12.7. The Kier molecular flexibility index (Phi) is 6.52. The zero-order chi connectivity index (χ0) is 20.1. The third-order valence-corrected chi connectivity index (χ3v) is 6.42. The highest BCUT2D eigenvalue weighted by Crippen LogP contribution is 2.37. The number of methoxy groups -OCH3 is 1. The maximum atomic E-state index is 13.1. The van der Waals surface area contributed by atoms with Crippen LogP contribution in [0.4, 0.5) is 0 Å². The van der Waals surface area contributed by atoms with Crippen molar-refractivity contribution < 1.29 is 14.3 Å². The van der Waals surface area contributed by atoms with Gasteiger partial charge in [0.05, 0.1) is 5.41 Å². The molecule has 1 aliphatic rings. The fourth-order valence-corrected chi connectivity index (χ4v) is 4.69. The van der Waals surface area contributed by atoms with Crippen molar-refractivity contribution in [3.63, 3.8) is 0 Å². The lowest BCUT2D eigenvalue weighted by Crippen LogP contribution is -2.51. The highest BCUT2D eigenvalue weighted by atomic mass is 32.1. The molecule has 0 radical (unpaired) electrons. The van der Waals surface area contributed by atoms with Crippen LogP contribution >= 0.6 is 11.3 Å². The van der Waals surface area contributed by atoms with Crippen LogP contribution in [0.25, 0.3) is 10.4 Å². The molecule has 0 bridgehead atoms. The smallest absolute Gasteiger partial charge is 0.248 e. The van der Waals surface area contributed by atoms with Gasteiger partial charge in [0.2, 0.25) is 11.8 Å². The van der Waals surface area contributed by atoms with Crippen molar-refractivity contribution in [2.24, 2.45) is 5.41 Å². The number of thiophene rings is 1. The van der Waals surface area contributed by atoms with Crippen LogP contribution in [0.1, 0.15) is 18.4 Å². The Morgan fingerprint density at radius 1 is 1.14 bits per heavy atom. The molecular weight excluding hydrogens is 372 g/mol. The molecule has 0 unspecified atom stereocenters. The monoisotopic (exact) mass is 400 g/mol. The van der Waals surface area contributed by atoms with Crippen molar-refractivity contribution in [2.45, 2.75) is 19.3 Å². The van der Waals surface area contributed by atoms with Crippen molar-refractivity contribution in [3.05, 3.63) is 47.3 Å². The Hall–Kier alpha value is -2.18. The molecular formula is C22H28N2O3S. The number of piperidine rings is 1. The van der Waals surface area contributed by atoms with E-state index in [1.165, 1.54) is 17.6 Å². The largest absolute Gasteiger partial charge is 0.375 e. The first kappa shape index (κ1) is 20.6. The Morgan fingerprint density at radius 3 is 2.36 bits per heavy atom. The number of hydrogen-bond acceptors (Lipinski definition) is 4. The van der Waals surface area contributed by atoms with Gasteiger partial charge in [-0.05, 0) is 41.8 Å². The van der Waals surface area contributed by atoms with E-state index in [1.807, 2.05) is 19.0 Å². The third-order valence-electron chi connectivity index (χ3n) is 5.50. The molecule has 0 saturated carbocycles. The van der Waals surface area contributed by atoms with Crippen LogP contribution in [-0.4, -0.2) is 62.5 Å². The number of carbonyl (C=O) groups excluding carboxylic acids is 2. The van der Waals surface area contributed by atoms with Crippen molar-refractivity contribution in [1.29, 1.82) is 0 Å². The first-order chi connectivity index (χ1) is 13.4. The second kappa shape index (κ2) is 8.88. The predicted molar refractivity (Wildman–Crippen MR) is 112 cm³/mol. The number of nitrogens with zero attached hydrogens (tertiary/aromatic N) is 2. The third kappa shape index (κ3) is 4.45. The van der Waals surface area contributed by atoms with Gasteiger partial charge < -0.3 is 14.5 Å². The van der Waals surface area contributed by atoms with Gasteiger partial charge in [-0.15, -0.1) is 11.3 Å². The van der Waals surface area contributed by atoms with E-state index in [4.69, 9.17) is 4.74 Å². The second-order valence-corrected chi connectivity index (χ2v) is 8.59. The minimum absolute atomic E-state index is 0.00583. The molecule has 0 atom stereocenters. The highest BCUT2D eigenvalue weighted by Gasteiger charge is 2.43. The second-order valence-electron chi connectivity index (χ2n) is 7.64.